The number of benzene rings is 1. The van der Waals surface area contributed by atoms with Gasteiger partial charge in [0.2, 0.25) is 11.8 Å². The molecule has 0 saturated carbocycles. The number of rotatable bonds is 17. The number of aryl methyl sites for hydroxylation is 1. The number of nitrogens with one attached hydrogen (secondary N) is 2. The standard InChI is InChI=1S/C33H52N4O3/c1-26-13-11-15-29(23-26)35-33(3)19-22-37(25-33)32(40)18-12-21-36(4)20-10-6-9-17-30(38)16-8-5-7-14-28-24-31(39)34-27(28)2/h11-13,15,18,23,27-28,35H,5-10,14,16-17,19-22,24-25H2,1-4H3,(H,34,39)/b18-12+/t27-,28-,33?/m0/s1. The Hall–Kier alpha value is -2.67. The molecule has 3 rings (SSSR count). The van der Waals surface area contributed by atoms with Gasteiger partial charge in [0.15, 0.2) is 0 Å². The molecule has 1 unspecified atom stereocenters. The molecule has 2 heterocycles. The van der Waals surface area contributed by atoms with Crippen molar-refractivity contribution < 1.29 is 14.4 Å². The fraction of sp³-hybridized carbons (Fsp3) is 0.667. The zero-order valence-corrected chi connectivity index (χ0v) is 25.3. The highest BCUT2D eigenvalue weighted by Crippen LogP contribution is 2.26. The van der Waals surface area contributed by atoms with Gasteiger partial charge in [0.1, 0.15) is 5.78 Å². The summed E-state index contributed by atoms with van der Waals surface area (Å²) in [5.41, 5.74) is 2.23. The molecule has 2 aliphatic rings. The van der Waals surface area contributed by atoms with Gasteiger partial charge < -0.3 is 20.4 Å². The van der Waals surface area contributed by atoms with Gasteiger partial charge in [-0.1, -0.05) is 37.5 Å². The molecule has 2 aliphatic heterocycles. The third kappa shape index (κ3) is 11.1. The molecule has 0 radical (unpaired) electrons. The summed E-state index contributed by atoms with van der Waals surface area (Å²) in [4.78, 5) is 40.5. The van der Waals surface area contributed by atoms with Gasteiger partial charge in [0, 0.05) is 56.7 Å². The van der Waals surface area contributed by atoms with Crippen molar-refractivity contribution in [2.75, 3.05) is 38.5 Å². The average Bonchev–Trinajstić information content (AvgIpc) is 3.44. The van der Waals surface area contributed by atoms with Gasteiger partial charge in [0.05, 0.1) is 5.54 Å². The Morgan fingerprint density at radius 3 is 2.60 bits per heavy atom. The minimum Gasteiger partial charge on any atom is -0.378 e. The molecule has 222 valence electrons. The summed E-state index contributed by atoms with van der Waals surface area (Å²) in [7, 11) is 2.08. The largest absolute Gasteiger partial charge is 0.378 e. The van der Waals surface area contributed by atoms with Crippen LogP contribution in [0, 0.1) is 12.8 Å². The van der Waals surface area contributed by atoms with Crippen LogP contribution in [0.25, 0.3) is 0 Å². The molecular weight excluding hydrogens is 500 g/mol. The zero-order valence-electron chi connectivity index (χ0n) is 25.3. The van der Waals surface area contributed by atoms with Crippen LogP contribution in [0.1, 0.15) is 90.0 Å². The number of unbranched alkanes of at least 4 members (excludes halogenated alkanes) is 4. The maximum Gasteiger partial charge on any atom is 0.246 e. The summed E-state index contributed by atoms with van der Waals surface area (Å²) < 4.78 is 0. The molecule has 2 amide bonds. The van der Waals surface area contributed by atoms with E-state index in [1.54, 1.807) is 6.08 Å². The van der Waals surface area contributed by atoms with Crippen LogP contribution in [0.15, 0.2) is 36.4 Å². The lowest BCUT2D eigenvalue weighted by Gasteiger charge is -2.27. The summed E-state index contributed by atoms with van der Waals surface area (Å²) in [6, 6.07) is 8.68. The number of anilines is 1. The second kappa shape index (κ2) is 15.9. The first-order valence-electron chi connectivity index (χ1n) is 15.4. The SMILES string of the molecule is Cc1cccc(NC2(C)CCN(C(=O)/C=C/CN(C)CCCCCC(=O)CCCCC[C@H]3CC(=O)N[C@H]3C)C2)c1. The summed E-state index contributed by atoms with van der Waals surface area (Å²) in [6.07, 6.45) is 14.0. The van der Waals surface area contributed by atoms with Crippen molar-refractivity contribution in [2.45, 2.75) is 103 Å². The number of ketones is 1. The monoisotopic (exact) mass is 552 g/mol. The molecule has 7 nitrogen and oxygen atoms in total. The molecule has 0 aliphatic carbocycles. The summed E-state index contributed by atoms with van der Waals surface area (Å²) in [6.45, 7) is 9.56. The quantitative estimate of drug-likeness (QED) is 0.197. The Balaban J connectivity index is 1.19. The van der Waals surface area contributed by atoms with Gasteiger partial charge in [-0.2, -0.15) is 0 Å². The maximum absolute atomic E-state index is 12.7. The highest BCUT2D eigenvalue weighted by molar-refractivity contribution is 5.88. The molecule has 1 aromatic rings. The number of likely N-dealkylation sites (tertiary alicyclic amines) is 1. The van der Waals surface area contributed by atoms with E-state index in [0.29, 0.717) is 43.6 Å². The highest BCUT2D eigenvalue weighted by Gasteiger charge is 2.35. The molecule has 0 spiro atoms. The Morgan fingerprint density at radius 2 is 1.90 bits per heavy atom. The molecule has 2 fully saturated rings. The molecule has 2 N–H and O–H groups in total. The van der Waals surface area contributed by atoms with Crippen molar-refractivity contribution in [3.63, 3.8) is 0 Å². The van der Waals surface area contributed by atoms with Crippen LogP contribution in [0.2, 0.25) is 0 Å². The molecule has 0 bridgehead atoms. The number of Topliss-reactive ketones (excluding diaryl/α,β-unsaturated/α-hetero) is 1. The van der Waals surface area contributed by atoms with Gasteiger partial charge in [-0.05, 0) is 90.1 Å². The second-order valence-corrected chi connectivity index (χ2v) is 12.5. The minimum atomic E-state index is -0.107. The Bertz CT molecular complexity index is 1010. The number of hydrogen-bond donors (Lipinski definition) is 2. The molecule has 0 aromatic heterocycles. The van der Waals surface area contributed by atoms with Crippen LogP contribution in [0.5, 0.6) is 0 Å². The lowest BCUT2D eigenvalue weighted by atomic mass is 9.94. The van der Waals surface area contributed by atoms with Crippen LogP contribution in [0.3, 0.4) is 0 Å². The maximum atomic E-state index is 12.7. The van der Waals surface area contributed by atoms with E-state index in [1.165, 1.54) is 5.56 Å². The Labute approximate surface area is 242 Å². The van der Waals surface area contributed by atoms with Crippen molar-refractivity contribution in [3.8, 4) is 0 Å². The highest BCUT2D eigenvalue weighted by atomic mass is 16.2. The Kier molecular flexibility index (Phi) is 12.7. The normalized spacial score (nSPS) is 22.8. The average molecular weight is 553 g/mol. The lowest BCUT2D eigenvalue weighted by molar-refractivity contribution is -0.125. The molecule has 1 aromatic carbocycles. The van der Waals surface area contributed by atoms with E-state index in [2.05, 4.69) is 67.6 Å². The van der Waals surface area contributed by atoms with Crippen LogP contribution in [0.4, 0.5) is 5.69 Å². The fourth-order valence-corrected chi connectivity index (χ4v) is 5.96. The third-order valence-electron chi connectivity index (χ3n) is 8.50. The van der Waals surface area contributed by atoms with Gasteiger partial charge in [-0.25, -0.2) is 0 Å². The van der Waals surface area contributed by atoms with Crippen LogP contribution in [-0.2, 0) is 14.4 Å². The number of nitrogens with zero attached hydrogens (tertiary/aromatic N) is 2. The van der Waals surface area contributed by atoms with Crippen molar-refractivity contribution in [2.24, 2.45) is 5.92 Å². The number of carbonyl (C=O) groups is 3. The first-order chi connectivity index (χ1) is 19.1. The van der Waals surface area contributed by atoms with Crippen LogP contribution >= 0.6 is 0 Å². The van der Waals surface area contributed by atoms with Crippen molar-refractivity contribution >= 4 is 23.3 Å². The predicted molar refractivity (Wildman–Crippen MR) is 163 cm³/mol. The van der Waals surface area contributed by atoms with Gasteiger partial charge in [-0.3, -0.25) is 14.4 Å². The Morgan fingerprint density at radius 1 is 1.15 bits per heavy atom. The van der Waals surface area contributed by atoms with Gasteiger partial charge >= 0.3 is 0 Å². The number of amides is 2. The summed E-state index contributed by atoms with van der Waals surface area (Å²) >= 11 is 0. The van der Waals surface area contributed by atoms with Crippen molar-refractivity contribution in [3.05, 3.63) is 42.0 Å². The number of carbonyl (C=O) groups excluding carboxylic acids is 3. The van der Waals surface area contributed by atoms with E-state index in [-0.39, 0.29) is 17.4 Å². The fourth-order valence-electron chi connectivity index (χ4n) is 5.96. The number of likely N-dealkylation sites (N-methyl/N-ethyl adjacent to an activating group) is 1. The smallest absolute Gasteiger partial charge is 0.246 e. The molecule has 7 heteroatoms. The molecular formula is C33H52N4O3. The van der Waals surface area contributed by atoms with Crippen LogP contribution in [-0.4, -0.2) is 72.2 Å². The van der Waals surface area contributed by atoms with Crippen molar-refractivity contribution in [1.82, 2.24) is 15.1 Å². The number of hydrogen-bond acceptors (Lipinski definition) is 5. The first kappa shape index (κ1) is 31.9. The van der Waals surface area contributed by atoms with Gasteiger partial charge in [0.25, 0.3) is 0 Å². The van der Waals surface area contributed by atoms with Crippen molar-refractivity contribution in [1.29, 1.82) is 0 Å². The van der Waals surface area contributed by atoms with E-state index < -0.39 is 0 Å². The zero-order chi connectivity index (χ0) is 29.0. The third-order valence-corrected chi connectivity index (χ3v) is 8.50. The second-order valence-electron chi connectivity index (χ2n) is 12.5. The van der Waals surface area contributed by atoms with Gasteiger partial charge in [-0.15, -0.1) is 0 Å². The van der Waals surface area contributed by atoms with E-state index in [9.17, 15) is 14.4 Å². The van der Waals surface area contributed by atoms with E-state index in [0.717, 1.165) is 76.7 Å². The van der Waals surface area contributed by atoms with E-state index in [1.807, 2.05) is 11.0 Å². The first-order valence-corrected chi connectivity index (χ1v) is 15.4. The van der Waals surface area contributed by atoms with E-state index in [4.69, 9.17) is 0 Å². The molecule has 40 heavy (non-hydrogen) atoms. The lowest BCUT2D eigenvalue weighted by Crippen LogP contribution is -2.39. The molecule has 3 atom stereocenters. The topological polar surface area (TPSA) is 81.8 Å². The predicted octanol–water partition coefficient (Wildman–Crippen LogP) is 5.49. The minimum absolute atomic E-state index is 0.0851. The van der Waals surface area contributed by atoms with E-state index >= 15 is 0 Å². The van der Waals surface area contributed by atoms with Crippen LogP contribution < -0.4 is 10.6 Å². The molecule has 2 saturated heterocycles. The summed E-state index contributed by atoms with van der Waals surface area (Å²) in [5.74, 6) is 1.11. The summed E-state index contributed by atoms with van der Waals surface area (Å²) in [5, 5.41) is 6.61.